The number of rotatable bonds is 6. The van der Waals surface area contributed by atoms with Gasteiger partial charge in [0.25, 0.3) is 0 Å². The van der Waals surface area contributed by atoms with Crippen molar-refractivity contribution in [2.24, 2.45) is 5.92 Å². The molecule has 1 fully saturated rings. The Morgan fingerprint density at radius 1 is 1.53 bits per heavy atom. The number of aromatic carboxylic acids is 1. The van der Waals surface area contributed by atoms with Crippen LogP contribution in [0.3, 0.4) is 0 Å². The average molecular weight is 330 g/mol. The van der Waals surface area contributed by atoms with Gasteiger partial charge in [0.05, 0.1) is 15.7 Å². The van der Waals surface area contributed by atoms with Crippen LogP contribution in [0, 0.1) is 11.7 Å². The van der Waals surface area contributed by atoms with Crippen LogP contribution in [-0.4, -0.2) is 24.2 Å². The molecule has 0 spiro atoms. The number of carbonyl (C=O) groups is 1. The molecule has 0 aromatic heterocycles. The van der Waals surface area contributed by atoms with Crippen molar-refractivity contribution in [2.45, 2.75) is 26.2 Å². The van der Waals surface area contributed by atoms with E-state index in [1.807, 2.05) is 4.90 Å². The summed E-state index contributed by atoms with van der Waals surface area (Å²) in [5.41, 5.74) is 0.453. The van der Waals surface area contributed by atoms with Gasteiger partial charge in [0.15, 0.2) is 5.82 Å². The van der Waals surface area contributed by atoms with Crippen molar-refractivity contribution in [3.05, 3.63) is 28.0 Å². The lowest BCUT2D eigenvalue weighted by molar-refractivity contribution is 0.0695. The molecule has 19 heavy (non-hydrogen) atoms. The second-order valence-corrected chi connectivity index (χ2v) is 5.75. The van der Waals surface area contributed by atoms with Gasteiger partial charge < -0.3 is 10.0 Å². The molecule has 1 aliphatic rings. The third-order valence-electron chi connectivity index (χ3n) is 3.30. The number of nitrogens with zero attached hydrogens (tertiary/aromatic N) is 1. The minimum absolute atomic E-state index is 0.0365. The van der Waals surface area contributed by atoms with Crippen LogP contribution in [0.25, 0.3) is 0 Å². The molecule has 0 aliphatic heterocycles. The Labute approximate surface area is 120 Å². The summed E-state index contributed by atoms with van der Waals surface area (Å²) >= 11 is 3.05. The van der Waals surface area contributed by atoms with Gasteiger partial charge in [0, 0.05) is 13.1 Å². The Balaban J connectivity index is 2.30. The summed E-state index contributed by atoms with van der Waals surface area (Å²) in [5.74, 6) is -0.945. The maximum atomic E-state index is 14.3. The van der Waals surface area contributed by atoms with Gasteiger partial charge >= 0.3 is 5.97 Å². The molecule has 0 radical (unpaired) electrons. The standard InChI is InChI=1S/C14H17BrFNO2/c1-2-7-17(8-9-3-4-9)11-6-5-10(14(18)19)12(15)13(11)16/h5-6,9H,2-4,7-8H2,1H3,(H,18,19). The molecule has 0 saturated heterocycles. The zero-order valence-electron chi connectivity index (χ0n) is 10.8. The first-order chi connectivity index (χ1) is 9.04. The molecule has 5 heteroatoms. The van der Waals surface area contributed by atoms with Gasteiger partial charge in [-0.25, -0.2) is 9.18 Å². The maximum Gasteiger partial charge on any atom is 0.336 e. The number of carboxylic acids is 1. The molecule has 1 aromatic rings. The number of carboxylic acid groups (broad SMARTS) is 1. The quantitative estimate of drug-likeness (QED) is 0.860. The SMILES string of the molecule is CCCN(CC1CC1)c1ccc(C(=O)O)c(Br)c1F. The summed E-state index contributed by atoms with van der Waals surface area (Å²) in [6, 6.07) is 3.03. The molecule has 0 unspecified atom stereocenters. The molecule has 1 aliphatic carbocycles. The van der Waals surface area contributed by atoms with Crippen LogP contribution in [0.4, 0.5) is 10.1 Å². The van der Waals surface area contributed by atoms with Crippen molar-refractivity contribution >= 4 is 27.6 Å². The van der Waals surface area contributed by atoms with Crippen LogP contribution < -0.4 is 4.90 Å². The number of hydrogen-bond acceptors (Lipinski definition) is 2. The first-order valence-corrected chi connectivity index (χ1v) is 7.30. The minimum Gasteiger partial charge on any atom is -0.478 e. The number of halogens is 2. The predicted octanol–water partition coefficient (Wildman–Crippen LogP) is 3.91. The highest BCUT2D eigenvalue weighted by Gasteiger charge is 2.26. The van der Waals surface area contributed by atoms with E-state index in [0.29, 0.717) is 11.6 Å². The van der Waals surface area contributed by atoms with Gasteiger partial charge in [-0.2, -0.15) is 0 Å². The summed E-state index contributed by atoms with van der Waals surface area (Å²) in [7, 11) is 0. The lowest BCUT2D eigenvalue weighted by Crippen LogP contribution is -2.27. The van der Waals surface area contributed by atoms with Crippen molar-refractivity contribution in [3.8, 4) is 0 Å². The van der Waals surface area contributed by atoms with Crippen LogP contribution in [-0.2, 0) is 0 Å². The van der Waals surface area contributed by atoms with Gasteiger partial charge in [-0.05, 0) is 53.2 Å². The van der Waals surface area contributed by atoms with Gasteiger partial charge in [0.1, 0.15) is 0 Å². The Kier molecular flexibility index (Phi) is 4.45. The summed E-state index contributed by atoms with van der Waals surface area (Å²) in [5, 5.41) is 8.97. The fraction of sp³-hybridized carbons (Fsp3) is 0.500. The Bertz CT molecular complexity index is 489. The molecule has 104 valence electrons. The molecule has 1 N–H and O–H groups in total. The molecule has 0 bridgehead atoms. The molecule has 3 nitrogen and oxygen atoms in total. The van der Waals surface area contributed by atoms with Crippen LogP contribution >= 0.6 is 15.9 Å². The molecule has 1 saturated carbocycles. The molecule has 2 rings (SSSR count). The minimum atomic E-state index is -1.12. The highest BCUT2D eigenvalue weighted by molar-refractivity contribution is 9.10. The monoisotopic (exact) mass is 329 g/mol. The Morgan fingerprint density at radius 3 is 2.74 bits per heavy atom. The van der Waals surface area contributed by atoms with Crippen LogP contribution in [0.15, 0.2) is 16.6 Å². The van der Waals surface area contributed by atoms with Crippen molar-refractivity contribution in [1.82, 2.24) is 0 Å². The van der Waals surface area contributed by atoms with Gasteiger partial charge in [-0.1, -0.05) is 6.92 Å². The maximum absolute atomic E-state index is 14.3. The first-order valence-electron chi connectivity index (χ1n) is 6.50. The van der Waals surface area contributed by atoms with E-state index in [1.165, 1.54) is 18.9 Å². The second kappa shape index (κ2) is 5.90. The number of hydrogen-bond donors (Lipinski definition) is 1. The van der Waals surface area contributed by atoms with E-state index in [9.17, 15) is 9.18 Å². The van der Waals surface area contributed by atoms with E-state index in [4.69, 9.17) is 5.11 Å². The normalized spacial score (nSPS) is 14.5. The summed E-state index contributed by atoms with van der Waals surface area (Å²) in [4.78, 5) is 13.0. The summed E-state index contributed by atoms with van der Waals surface area (Å²) < 4.78 is 14.4. The molecule has 0 amide bonds. The van der Waals surface area contributed by atoms with Gasteiger partial charge in [-0.3, -0.25) is 0 Å². The number of benzene rings is 1. The third-order valence-corrected chi connectivity index (χ3v) is 4.08. The van der Waals surface area contributed by atoms with Crippen LogP contribution in [0.2, 0.25) is 0 Å². The highest BCUT2D eigenvalue weighted by atomic mass is 79.9. The predicted molar refractivity (Wildman–Crippen MR) is 76.3 cm³/mol. The zero-order valence-corrected chi connectivity index (χ0v) is 12.4. The Hall–Kier alpha value is -1.10. The second-order valence-electron chi connectivity index (χ2n) is 4.95. The van der Waals surface area contributed by atoms with Gasteiger partial charge in [0.2, 0.25) is 0 Å². The van der Waals surface area contributed by atoms with Crippen molar-refractivity contribution < 1.29 is 14.3 Å². The topological polar surface area (TPSA) is 40.5 Å². The van der Waals surface area contributed by atoms with E-state index in [2.05, 4.69) is 22.9 Å². The molecule has 1 aromatic carbocycles. The Morgan fingerprint density at radius 2 is 2.21 bits per heavy atom. The van der Waals surface area contributed by atoms with E-state index in [-0.39, 0.29) is 10.0 Å². The molecular formula is C14H17BrFNO2. The summed E-state index contributed by atoms with van der Waals surface area (Å²) in [6.07, 6.45) is 3.34. The summed E-state index contributed by atoms with van der Waals surface area (Å²) in [6.45, 7) is 3.69. The molecule has 0 atom stereocenters. The van der Waals surface area contributed by atoms with E-state index < -0.39 is 11.8 Å². The first kappa shape index (κ1) is 14.3. The lowest BCUT2D eigenvalue weighted by Gasteiger charge is -2.25. The average Bonchev–Trinajstić information content (AvgIpc) is 3.15. The van der Waals surface area contributed by atoms with Crippen molar-refractivity contribution in [1.29, 1.82) is 0 Å². The zero-order chi connectivity index (χ0) is 14.0. The van der Waals surface area contributed by atoms with Crippen molar-refractivity contribution in [2.75, 3.05) is 18.0 Å². The lowest BCUT2D eigenvalue weighted by atomic mass is 10.1. The molecule has 0 heterocycles. The van der Waals surface area contributed by atoms with E-state index in [1.54, 1.807) is 6.07 Å². The van der Waals surface area contributed by atoms with Crippen LogP contribution in [0.1, 0.15) is 36.5 Å². The fourth-order valence-corrected chi connectivity index (χ4v) is 2.65. The molecular weight excluding hydrogens is 313 g/mol. The number of anilines is 1. The van der Waals surface area contributed by atoms with Crippen molar-refractivity contribution in [3.63, 3.8) is 0 Å². The highest BCUT2D eigenvalue weighted by Crippen LogP contribution is 2.34. The fourth-order valence-electron chi connectivity index (χ4n) is 2.14. The largest absolute Gasteiger partial charge is 0.478 e. The van der Waals surface area contributed by atoms with Crippen LogP contribution in [0.5, 0.6) is 0 Å². The smallest absolute Gasteiger partial charge is 0.336 e. The van der Waals surface area contributed by atoms with E-state index in [0.717, 1.165) is 19.5 Å². The van der Waals surface area contributed by atoms with Gasteiger partial charge in [-0.15, -0.1) is 0 Å². The van der Waals surface area contributed by atoms with E-state index >= 15 is 0 Å². The third kappa shape index (κ3) is 3.26.